The van der Waals surface area contributed by atoms with Gasteiger partial charge in [0.2, 0.25) is 5.91 Å². The molecule has 1 saturated heterocycles. The molecule has 7 nitrogen and oxygen atoms in total. The van der Waals surface area contributed by atoms with Gasteiger partial charge < -0.3 is 14.4 Å². The van der Waals surface area contributed by atoms with E-state index in [9.17, 15) is 9.18 Å². The molecule has 2 atom stereocenters. The lowest BCUT2D eigenvalue weighted by molar-refractivity contribution is -0.133. The van der Waals surface area contributed by atoms with Crippen molar-refractivity contribution in [2.45, 2.75) is 25.0 Å². The topological polar surface area (TPSA) is 80.3 Å². The van der Waals surface area contributed by atoms with Gasteiger partial charge in [-0.1, -0.05) is 0 Å². The number of carbonyl (C=O) groups is 1. The number of nitrogens with one attached hydrogen (secondary N) is 1. The Labute approximate surface area is 138 Å². The van der Waals surface area contributed by atoms with E-state index >= 15 is 0 Å². The van der Waals surface area contributed by atoms with E-state index < -0.39 is 0 Å². The van der Waals surface area contributed by atoms with Crippen LogP contribution in [0.15, 0.2) is 30.6 Å². The number of hydrogen-bond donors (Lipinski definition) is 1. The number of likely N-dealkylation sites (tertiary alicyclic amines) is 1. The van der Waals surface area contributed by atoms with Gasteiger partial charge in [0.15, 0.2) is 0 Å². The molecule has 0 radical (unpaired) electrons. The van der Waals surface area contributed by atoms with E-state index in [1.165, 1.54) is 30.6 Å². The summed E-state index contributed by atoms with van der Waals surface area (Å²) in [5, 5.41) is 6.67. The Morgan fingerprint density at radius 2 is 2.21 bits per heavy atom. The Bertz CT molecular complexity index is 662. The maximum absolute atomic E-state index is 12.8. The smallest absolute Gasteiger partial charge is 0.226 e. The number of rotatable bonds is 6. The van der Waals surface area contributed by atoms with Gasteiger partial charge in [0.25, 0.3) is 0 Å². The number of ether oxygens (including phenoxy) is 2. The lowest BCUT2D eigenvalue weighted by Crippen LogP contribution is -2.33. The number of hydrogen-bond acceptors (Lipinski definition) is 5. The summed E-state index contributed by atoms with van der Waals surface area (Å²) in [4.78, 5) is 18.4. The van der Waals surface area contributed by atoms with E-state index in [0.717, 1.165) is 0 Å². The van der Waals surface area contributed by atoms with Crippen LogP contribution in [-0.4, -0.2) is 52.4 Å². The predicted octanol–water partition coefficient (Wildman–Crippen LogP) is 1.70. The second-order valence-corrected chi connectivity index (χ2v) is 5.58. The van der Waals surface area contributed by atoms with Crippen LogP contribution in [0.25, 0.3) is 0 Å². The molecule has 0 unspecified atom stereocenters. The van der Waals surface area contributed by atoms with E-state index in [1.807, 2.05) is 0 Å². The van der Waals surface area contributed by atoms with Crippen molar-refractivity contribution in [2.75, 3.05) is 20.3 Å². The molecule has 1 aliphatic rings. The number of carbonyl (C=O) groups excluding carboxylic acids is 1. The number of benzene rings is 1. The van der Waals surface area contributed by atoms with Crippen LogP contribution in [0.2, 0.25) is 0 Å². The van der Waals surface area contributed by atoms with Crippen molar-refractivity contribution in [3.63, 3.8) is 0 Å². The van der Waals surface area contributed by atoms with Gasteiger partial charge in [0.1, 0.15) is 23.7 Å². The minimum atomic E-state index is -0.323. The van der Waals surface area contributed by atoms with E-state index in [-0.39, 0.29) is 36.9 Å². The second kappa shape index (κ2) is 7.39. The lowest BCUT2D eigenvalue weighted by atomic mass is 10.2. The highest BCUT2D eigenvalue weighted by Gasteiger charge is 2.37. The van der Waals surface area contributed by atoms with Gasteiger partial charge in [0.05, 0.1) is 25.2 Å². The molecule has 0 bridgehead atoms. The first-order valence-corrected chi connectivity index (χ1v) is 7.73. The first kappa shape index (κ1) is 16.4. The first-order valence-electron chi connectivity index (χ1n) is 7.73. The molecular formula is C16H19FN4O3. The third-order valence-electron chi connectivity index (χ3n) is 4.06. The van der Waals surface area contributed by atoms with E-state index in [4.69, 9.17) is 9.47 Å². The fourth-order valence-corrected chi connectivity index (χ4v) is 2.81. The molecule has 1 N–H and O–H groups in total. The maximum atomic E-state index is 12.8. The van der Waals surface area contributed by atoms with E-state index in [2.05, 4.69) is 15.2 Å². The van der Waals surface area contributed by atoms with Gasteiger partial charge in [-0.3, -0.25) is 9.89 Å². The SMILES string of the molecule is CO[C@@H]1C[C@@H](c2ncn[nH]2)N(C(=O)CCOc2ccc(F)cc2)C1. The van der Waals surface area contributed by atoms with Crippen LogP contribution in [0.5, 0.6) is 5.75 Å². The largest absolute Gasteiger partial charge is 0.493 e. The number of amides is 1. The van der Waals surface area contributed by atoms with E-state index in [0.29, 0.717) is 24.5 Å². The molecule has 2 heterocycles. The van der Waals surface area contributed by atoms with Gasteiger partial charge in [-0.2, -0.15) is 5.10 Å². The van der Waals surface area contributed by atoms with Crippen LogP contribution >= 0.6 is 0 Å². The summed E-state index contributed by atoms with van der Waals surface area (Å²) in [5.41, 5.74) is 0. The van der Waals surface area contributed by atoms with Crippen LogP contribution in [0.1, 0.15) is 24.7 Å². The standard InChI is InChI=1S/C16H19FN4O3/c1-23-13-8-14(16-18-10-19-20-16)21(9-13)15(22)6-7-24-12-4-2-11(17)3-5-12/h2-5,10,13-14H,6-9H2,1H3,(H,18,19,20)/t13-,14+/m1/s1. The Hall–Kier alpha value is -2.48. The molecule has 1 amide bonds. The number of methoxy groups -OCH3 is 1. The molecule has 24 heavy (non-hydrogen) atoms. The fraction of sp³-hybridized carbons (Fsp3) is 0.438. The normalized spacial score (nSPS) is 20.3. The van der Waals surface area contributed by atoms with Gasteiger partial charge in [0, 0.05) is 20.1 Å². The molecule has 1 fully saturated rings. The second-order valence-electron chi connectivity index (χ2n) is 5.58. The highest BCUT2D eigenvalue weighted by molar-refractivity contribution is 5.77. The van der Waals surface area contributed by atoms with Crippen LogP contribution in [0.3, 0.4) is 0 Å². The Kier molecular flexibility index (Phi) is 5.05. The average molecular weight is 334 g/mol. The summed E-state index contributed by atoms with van der Waals surface area (Å²) in [6, 6.07) is 5.54. The number of aromatic nitrogens is 3. The molecule has 0 spiro atoms. The van der Waals surface area contributed by atoms with Crippen LogP contribution < -0.4 is 4.74 Å². The number of H-pyrrole nitrogens is 1. The Morgan fingerprint density at radius 3 is 2.88 bits per heavy atom. The first-order chi connectivity index (χ1) is 11.7. The number of aromatic amines is 1. The monoisotopic (exact) mass is 334 g/mol. The lowest BCUT2D eigenvalue weighted by Gasteiger charge is -2.22. The van der Waals surface area contributed by atoms with Crippen molar-refractivity contribution in [3.8, 4) is 5.75 Å². The van der Waals surface area contributed by atoms with E-state index in [1.54, 1.807) is 12.0 Å². The molecule has 1 aromatic carbocycles. The third-order valence-corrected chi connectivity index (χ3v) is 4.06. The molecule has 0 aliphatic carbocycles. The maximum Gasteiger partial charge on any atom is 0.226 e. The summed E-state index contributed by atoms with van der Waals surface area (Å²) in [5.74, 6) is 0.823. The summed E-state index contributed by atoms with van der Waals surface area (Å²) in [6.45, 7) is 0.735. The summed E-state index contributed by atoms with van der Waals surface area (Å²) >= 11 is 0. The molecule has 1 aromatic heterocycles. The van der Waals surface area contributed by atoms with Crippen LogP contribution in [0.4, 0.5) is 4.39 Å². The van der Waals surface area contributed by atoms with Crippen molar-refractivity contribution in [1.29, 1.82) is 0 Å². The van der Waals surface area contributed by atoms with Gasteiger partial charge in [-0.05, 0) is 24.3 Å². The number of halogens is 1. The van der Waals surface area contributed by atoms with Gasteiger partial charge in [-0.15, -0.1) is 0 Å². The average Bonchev–Trinajstić information content (AvgIpc) is 3.25. The zero-order valence-electron chi connectivity index (χ0n) is 13.3. The molecule has 128 valence electrons. The Balaban J connectivity index is 1.57. The van der Waals surface area contributed by atoms with Crippen molar-refractivity contribution < 1.29 is 18.7 Å². The van der Waals surface area contributed by atoms with Crippen molar-refractivity contribution >= 4 is 5.91 Å². The van der Waals surface area contributed by atoms with Crippen LogP contribution in [-0.2, 0) is 9.53 Å². The van der Waals surface area contributed by atoms with Crippen molar-refractivity contribution in [3.05, 3.63) is 42.2 Å². The third kappa shape index (κ3) is 3.70. The highest BCUT2D eigenvalue weighted by atomic mass is 19.1. The molecule has 0 saturated carbocycles. The predicted molar refractivity (Wildman–Crippen MR) is 82.8 cm³/mol. The Morgan fingerprint density at radius 1 is 1.42 bits per heavy atom. The van der Waals surface area contributed by atoms with Crippen LogP contribution in [0, 0.1) is 5.82 Å². The minimum absolute atomic E-state index is 0.0259. The molecular weight excluding hydrogens is 315 g/mol. The number of nitrogens with zero attached hydrogens (tertiary/aromatic N) is 3. The molecule has 8 heteroatoms. The highest BCUT2D eigenvalue weighted by Crippen LogP contribution is 2.31. The molecule has 1 aliphatic heterocycles. The van der Waals surface area contributed by atoms with Crippen molar-refractivity contribution in [1.82, 2.24) is 20.1 Å². The fourth-order valence-electron chi connectivity index (χ4n) is 2.81. The summed E-state index contributed by atoms with van der Waals surface area (Å²) < 4.78 is 23.7. The molecule has 2 aromatic rings. The minimum Gasteiger partial charge on any atom is -0.493 e. The summed E-state index contributed by atoms with van der Waals surface area (Å²) in [6.07, 6.45) is 2.30. The van der Waals surface area contributed by atoms with Gasteiger partial charge in [-0.25, -0.2) is 9.37 Å². The zero-order valence-corrected chi connectivity index (χ0v) is 13.3. The zero-order chi connectivity index (χ0) is 16.9. The quantitative estimate of drug-likeness (QED) is 0.870. The molecule has 3 rings (SSSR count). The van der Waals surface area contributed by atoms with Crippen molar-refractivity contribution in [2.24, 2.45) is 0 Å². The van der Waals surface area contributed by atoms with Gasteiger partial charge >= 0.3 is 0 Å². The summed E-state index contributed by atoms with van der Waals surface area (Å²) in [7, 11) is 1.63.